The summed E-state index contributed by atoms with van der Waals surface area (Å²) in [4.78, 5) is 17.7. The Balaban J connectivity index is 1.96. The number of halogens is 4. The predicted octanol–water partition coefficient (Wildman–Crippen LogP) is 4.50. The lowest BCUT2D eigenvalue weighted by atomic mass is 10.2. The molecule has 0 saturated heterocycles. The lowest BCUT2D eigenvalue weighted by Gasteiger charge is -2.17. The molecule has 3 aromatic rings. The number of methoxy groups -OCH3 is 2. The zero-order valence-corrected chi connectivity index (χ0v) is 21.4. The first kappa shape index (κ1) is 29.2. The second-order valence-electron chi connectivity index (χ2n) is 7.94. The molecule has 0 aliphatic carbocycles. The second kappa shape index (κ2) is 11.5. The van der Waals surface area contributed by atoms with Crippen LogP contribution in [0.5, 0.6) is 11.5 Å². The summed E-state index contributed by atoms with van der Waals surface area (Å²) in [7, 11) is -0.732. The molecule has 0 radical (unpaired) electrons. The Morgan fingerprint density at radius 2 is 1.72 bits per heavy atom. The third-order valence-electron chi connectivity index (χ3n) is 5.06. The number of nitrogens with zero attached hydrogens (tertiary/aromatic N) is 3. The third-order valence-corrected chi connectivity index (χ3v) is 6.01. The van der Waals surface area contributed by atoms with Crippen molar-refractivity contribution in [1.29, 1.82) is 0 Å². The second-order valence-corrected chi connectivity index (χ2v) is 10.2. The lowest BCUT2D eigenvalue weighted by molar-refractivity contribution is -0.387. The first-order valence-electron chi connectivity index (χ1n) is 10.8. The Bertz CT molecular complexity index is 1490. The van der Waals surface area contributed by atoms with Crippen molar-refractivity contribution in [3.8, 4) is 11.5 Å². The summed E-state index contributed by atoms with van der Waals surface area (Å²) in [5.41, 5.74) is -1.87. The highest BCUT2D eigenvalue weighted by Gasteiger charge is 2.36. The van der Waals surface area contributed by atoms with Crippen LogP contribution in [0.2, 0.25) is 0 Å². The van der Waals surface area contributed by atoms with Crippen LogP contribution in [0.3, 0.4) is 0 Å². The van der Waals surface area contributed by atoms with Gasteiger partial charge in [-0.05, 0) is 12.1 Å². The summed E-state index contributed by atoms with van der Waals surface area (Å²) >= 11 is 0. The van der Waals surface area contributed by atoms with Gasteiger partial charge in [-0.2, -0.15) is 22.5 Å². The van der Waals surface area contributed by atoms with E-state index >= 15 is 0 Å². The van der Waals surface area contributed by atoms with Gasteiger partial charge >= 0.3 is 11.9 Å². The number of nitro groups is 1. The van der Waals surface area contributed by atoms with Crippen LogP contribution in [0.15, 0.2) is 36.5 Å². The largest absolute Gasteiger partial charge is 0.494 e. The van der Waals surface area contributed by atoms with E-state index in [1.165, 1.54) is 19.2 Å². The molecule has 0 atom stereocenters. The van der Waals surface area contributed by atoms with Crippen molar-refractivity contribution >= 4 is 44.4 Å². The van der Waals surface area contributed by atoms with Gasteiger partial charge in [0.05, 0.1) is 36.3 Å². The Hall–Kier alpha value is -4.41. The number of nitro benzene ring substituents is 1. The number of benzene rings is 2. The molecule has 12 nitrogen and oxygen atoms in total. The lowest BCUT2D eigenvalue weighted by Crippen LogP contribution is -2.14. The number of nitrogens with one attached hydrogen (secondary N) is 3. The van der Waals surface area contributed by atoms with Crippen molar-refractivity contribution in [1.82, 2.24) is 9.97 Å². The molecule has 0 spiro atoms. The molecule has 210 valence electrons. The van der Waals surface area contributed by atoms with Crippen molar-refractivity contribution in [2.24, 2.45) is 0 Å². The average Bonchev–Trinajstić information content (AvgIpc) is 2.84. The van der Waals surface area contributed by atoms with Gasteiger partial charge in [-0.1, -0.05) is 0 Å². The van der Waals surface area contributed by atoms with Gasteiger partial charge in [-0.3, -0.25) is 10.1 Å². The molecule has 0 unspecified atom stereocenters. The summed E-state index contributed by atoms with van der Waals surface area (Å²) in [6.45, 7) is 0.136. The zero-order chi connectivity index (χ0) is 29.0. The van der Waals surface area contributed by atoms with Crippen LogP contribution < -0.4 is 25.4 Å². The Labute approximate surface area is 219 Å². The van der Waals surface area contributed by atoms with Gasteiger partial charge < -0.3 is 25.4 Å². The van der Waals surface area contributed by atoms with Gasteiger partial charge in [0.2, 0.25) is 11.8 Å². The van der Waals surface area contributed by atoms with E-state index in [0.29, 0.717) is 24.0 Å². The van der Waals surface area contributed by atoms with E-state index in [2.05, 4.69) is 25.9 Å². The highest BCUT2D eigenvalue weighted by atomic mass is 32.2. The van der Waals surface area contributed by atoms with Crippen LogP contribution in [0.4, 0.5) is 52.1 Å². The minimum absolute atomic E-state index is 0.105. The quantitative estimate of drug-likeness (QED) is 0.168. The molecule has 0 fully saturated rings. The molecule has 0 bridgehead atoms. The van der Waals surface area contributed by atoms with Crippen LogP contribution >= 0.6 is 0 Å². The van der Waals surface area contributed by atoms with Gasteiger partial charge in [0.1, 0.15) is 32.7 Å². The fourth-order valence-electron chi connectivity index (χ4n) is 3.23. The maximum Gasteiger partial charge on any atom is 0.421 e. The molecule has 0 aliphatic heterocycles. The molecule has 2 aromatic carbocycles. The Morgan fingerprint density at radius 3 is 2.31 bits per heavy atom. The molecule has 0 aliphatic rings. The van der Waals surface area contributed by atoms with Crippen LogP contribution in [0, 0.1) is 15.9 Å². The molecule has 17 heteroatoms. The highest BCUT2D eigenvalue weighted by molar-refractivity contribution is 7.90. The van der Waals surface area contributed by atoms with Crippen molar-refractivity contribution in [3.05, 3.63) is 58.0 Å². The minimum atomic E-state index is -4.92. The predicted molar refractivity (Wildman–Crippen MR) is 134 cm³/mol. The van der Waals surface area contributed by atoms with Crippen LogP contribution in [-0.4, -0.2) is 56.1 Å². The molecule has 1 heterocycles. The molecular formula is C22H22F4N6O6S. The average molecular weight is 575 g/mol. The monoisotopic (exact) mass is 574 g/mol. The zero-order valence-electron chi connectivity index (χ0n) is 20.6. The van der Waals surface area contributed by atoms with Crippen LogP contribution in [0.25, 0.3) is 0 Å². The fraction of sp³-hybridized carbons (Fsp3) is 0.273. The smallest absolute Gasteiger partial charge is 0.421 e. The maximum atomic E-state index is 14.0. The summed E-state index contributed by atoms with van der Waals surface area (Å²) in [6.07, 6.45) is -3.32. The van der Waals surface area contributed by atoms with Crippen LogP contribution in [0.1, 0.15) is 5.56 Å². The normalized spacial score (nSPS) is 11.6. The van der Waals surface area contributed by atoms with E-state index in [4.69, 9.17) is 9.47 Å². The summed E-state index contributed by atoms with van der Waals surface area (Å²) in [5, 5.41) is 19.1. The Morgan fingerprint density at radius 1 is 1.05 bits per heavy atom. The molecule has 39 heavy (non-hydrogen) atoms. The first-order valence-corrected chi connectivity index (χ1v) is 12.9. The van der Waals surface area contributed by atoms with E-state index in [1.807, 2.05) is 0 Å². The highest BCUT2D eigenvalue weighted by Crippen LogP contribution is 2.39. The van der Waals surface area contributed by atoms with E-state index in [1.54, 1.807) is 6.07 Å². The van der Waals surface area contributed by atoms with Crippen molar-refractivity contribution in [3.63, 3.8) is 0 Å². The summed E-state index contributed by atoms with van der Waals surface area (Å²) in [6, 6.07) is 5.93. The van der Waals surface area contributed by atoms with Crippen LogP contribution in [-0.2, 0) is 16.0 Å². The van der Waals surface area contributed by atoms with E-state index < -0.39 is 43.8 Å². The molecule has 3 N–H and O–H groups in total. The number of hydrogen-bond donors (Lipinski definition) is 3. The van der Waals surface area contributed by atoms with E-state index in [-0.39, 0.29) is 41.1 Å². The van der Waals surface area contributed by atoms with Crippen molar-refractivity contribution < 1.29 is 40.4 Å². The van der Waals surface area contributed by atoms with E-state index in [9.17, 15) is 36.1 Å². The maximum absolute atomic E-state index is 14.0. The molecular weight excluding hydrogens is 552 g/mol. The van der Waals surface area contributed by atoms with Crippen molar-refractivity contribution in [2.75, 3.05) is 48.7 Å². The van der Waals surface area contributed by atoms with Gasteiger partial charge in [0, 0.05) is 42.9 Å². The van der Waals surface area contributed by atoms with Gasteiger partial charge in [-0.25, -0.2) is 13.4 Å². The number of aromatic nitrogens is 2. The number of anilines is 5. The fourth-order valence-corrected chi connectivity index (χ4v) is 3.70. The molecule has 0 saturated carbocycles. The number of sulfone groups is 1. The van der Waals surface area contributed by atoms with Crippen molar-refractivity contribution in [2.45, 2.75) is 6.18 Å². The summed E-state index contributed by atoms with van der Waals surface area (Å²) in [5.74, 6) is -2.53. The summed E-state index contributed by atoms with van der Waals surface area (Å²) < 4.78 is 88.0. The number of rotatable bonds is 11. The number of ether oxygens (including phenoxy) is 2. The molecule has 1 aromatic heterocycles. The molecule has 0 amide bonds. The van der Waals surface area contributed by atoms with E-state index in [0.717, 1.165) is 13.4 Å². The number of alkyl halides is 3. The standard InChI is InChI=1S/C22H22F4N6O6S/c1-37-18-8-12(27-6-7-39(3,35)36)4-5-15(18)30-21-28-11-13(22(24,25)26)20(31-21)29-16-10-17(32(33)34)14(23)9-19(16)38-2/h4-5,8-11,27H,6-7H2,1-3H3,(H2,28,29,30,31). The Kier molecular flexibility index (Phi) is 8.63. The van der Waals surface area contributed by atoms with Gasteiger partial charge in [0.15, 0.2) is 0 Å². The number of hydrogen-bond acceptors (Lipinski definition) is 11. The topological polar surface area (TPSA) is 158 Å². The minimum Gasteiger partial charge on any atom is -0.494 e. The molecule has 3 rings (SSSR count). The third kappa shape index (κ3) is 7.56. The SMILES string of the molecule is COc1cc(NCCS(C)(=O)=O)ccc1Nc1ncc(C(F)(F)F)c(Nc2cc([N+](=O)[O-])c(F)cc2OC)n1. The first-order chi connectivity index (χ1) is 18.2. The van der Waals surface area contributed by atoms with Gasteiger partial charge in [-0.15, -0.1) is 0 Å². The van der Waals surface area contributed by atoms with Gasteiger partial charge in [0.25, 0.3) is 0 Å².